The zero-order chi connectivity index (χ0) is 24.1. The number of carbonyl (C=O) groups is 1. The van der Waals surface area contributed by atoms with Gasteiger partial charge in [0.05, 0.1) is 28.0 Å². The average molecular weight is 484 g/mol. The number of hydrogen-bond donors (Lipinski definition) is 4. The van der Waals surface area contributed by atoms with Crippen LogP contribution in [0, 0.1) is 29.3 Å². The smallest absolute Gasteiger partial charge is 0.255 e. The van der Waals surface area contributed by atoms with Gasteiger partial charge in [-0.05, 0) is 55.7 Å². The van der Waals surface area contributed by atoms with Gasteiger partial charge in [0.1, 0.15) is 0 Å². The number of nitrogen functional groups attached to an aromatic ring is 1. The first kappa shape index (κ1) is 23.5. The zero-order valence-corrected chi connectivity index (χ0v) is 18.2. The van der Waals surface area contributed by atoms with Crippen molar-refractivity contribution in [3.63, 3.8) is 0 Å². The van der Waals surface area contributed by atoms with Gasteiger partial charge in [-0.2, -0.15) is 0 Å². The molecule has 2 fully saturated rings. The molecule has 0 aromatic heterocycles. The molecular weight excluding hydrogens is 461 g/mol. The molecule has 1 unspecified atom stereocenters. The van der Waals surface area contributed by atoms with E-state index in [0.29, 0.717) is 25.0 Å². The number of rotatable bonds is 5. The van der Waals surface area contributed by atoms with Crippen LogP contribution in [-0.2, 0) is 9.84 Å². The molecule has 2 aromatic rings. The number of anilines is 2. The standard InChI is InChI=1S/C22H23F3N2O5S/c23-15-6-14(7-16(24)19(15)25)27-21(29)11-3-4-17(26)18(5-11)33(31,32)20-12-1-2-13(20)9-22(30,8-12)10-28/h3-7,12-13,20,28,30H,1-2,8-10,26H2,(H,27,29)/t12-,13?,20+,22+/m0/s1. The van der Waals surface area contributed by atoms with E-state index in [9.17, 15) is 36.6 Å². The zero-order valence-electron chi connectivity index (χ0n) is 17.4. The topological polar surface area (TPSA) is 130 Å². The molecule has 2 saturated carbocycles. The largest absolute Gasteiger partial charge is 0.398 e. The number of benzene rings is 2. The lowest BCUT2D eigenvalue weighted by atomic mass is 9.77. The van der Waals surface area contributed by atoms with Gasteiger partial charge in [-0.3, -0.25) is 4.79 Å². The Morgan fingerprint density at radius 2 is 1.67 bits per heavy atom. The van der Waals surface area contributed by atoms with Crippen molar-refractivity contribution in [2.24, 2.45) is 11.8 Å². The number of aliphatic hydroxyl groups is 2. The number of carbonyl (C=O) groups excluding carboxylic acids is 1. The highest BCUT2D eigenvalue weighted by Gasteiger charge is 2.54. The minimum Gasteiger partial charge on any atom is -0.398 e. The molecule has 33 heavy (non-hydrogen) atoms. The summed E-state index contributed by atoms with van der Waals surface area (Å²) in [7, 11) is -4.00. The predicted molar refractivity (Wildman–Crippen MR) is 114 cm³/mol. The molecule has 0 radical (unpaired) electrons. The Hall–Kier alpha value is -2.63. The van der Waals surface area contributed by atoms with E-state index in [1.165, 1.54) is 12.1 Å². The third-order valence-corrected chi connectivity index (χ3v) is 9.05. The van der Waals surface area contributed by atoms with Crippen molar-refractivity contribution >= 4 is 27.1 Å². The Morgan fingerprint density at radius 3 is 2.21 bits per heavy atom. The van der Waals surface area contributed by atoms with Crippen LogP contribution in [0.1, 0.15) is 36.0 Å². The lowest BCUT2D eigenvalue weighted by Gasteiger charge is -2.39. The Kier molecular flexibility index (Phi) is 5.92. The monoisotopic (exact) mass is 484 g/mol. The molecule has 2 aliphatic rings. The Bertz CT molecular complexity index is 1180. The third-order valence-electron chi connectivity index (χ3n) is 6.60. The summed E-state index contributed by atoms with van der Waals surface area (Å²) >= 11 is 0. The van der Waals surface area contributed by atoms with E-state index in [2.05, 4.69) is 5.32 Å². The summed E-state index contributed by atoms with van der Waals surface area (Å²) in [6.45, 7) is -0.449. The van der Waals surface area contributed by atoms with Gasteiger partial charge in [-0.25, -0.2) is 21.6 Å². The van der Waals surface area contributed by atoms with Crippen LogP contribution >= 0.6 is 0 Å². The number of nitrogens with two attached hydrogens (primary N) is 1. The summed E-state index contributed by atoms with van der Waals surface area (Å²) < 4.78 is 67.1. The third kappa shape index (κ3) is 4.20. The van der Waals surface area contributed by atoms with E-state index in [1.54, 1.807) is 0 Å². The summed E-state index contributed by atoms with van der Waals surface area (Å²) in [5.41, 5.74) is 4.10. The van der Waals surface area contributed by atoms with Gasteiger partial charge in [-0.15, -0.1) is 0 Å². The van der Waals surface area contributed by atoms with Crippen molar-refractivity contribution in [3.05, 3.63) is 53.3 Å². The van der Waals surface area contributed by atoms with E-state index in [4.69, 9.17) is 5.73 Å². The highest BCUT2D eigenvalue weighted by molar-refractivity contribution is 7.92. The summed E-state index contributed by atoms with van der Waals surface area (Å²) in [5, 5.41) is 21.4. The first-order chi connectivity index (χ1) is 15.4. The van der Waals surface area contributed by atoms with E-state index in [1.807, 2.05) is 0 Å². The molecule has 2 bridgehead atoms. The summed E-state index contributed by atoms with van der Waals surface area (Å²) in [6, 6.07) is 4.82. The molecule has 11 heteroatoms. The number of hydrogen-bond acceptors (Lipinski definition) is 6. The van der Waals surface area contributed by atoms with Crippen LogP contribution < -0.4 is 11.1 Å². The molecule has 0 aliphatic heterocycles. The fourth-order valence-corrected chi connectivity index (χ4v) is 7.63. The number of aliphatic hydroxyl groups excluding tert-OH is 1. The highest BCUT2D eigenvalue weighted by Crippen LogP contribution is 2.51. The van der Waals surface area contributed by atoms with Crippen LogP contribution in [0.5, 0.6) is 0 Å². The Labute approximate surface area is 188 Å². The lowest BCUT2D eigenvalue weighted by molar-refractivity contribution is -0.0597. The SMILES string of the molecule is Nc1ccc(C(=O)Nc2cc(F)c(F)c(F)c2)cc1S(=O)(=O)[C@H]1C2CC[C@H]1C[C@](O)(CO)C2. The van der Waals surface area contributed by atoms with Crippen molar-refractivity contribution in [1.82, 2.24) is 0 Å². The maximum Gasteiger partial charge on any atom is 0.255 e. The van der Waals surface area contributed by atoms with Crippen molar-refractivity contribution in [1.29, 1.82) is 0 Å². The molecule has 0 heterocycles. The molecule has 0 spiro atoms. The van der Waals surface area contributed by atoms with Crippen LogP contribution in [0.15, 0.2) is 35.2 Å². The van der Waals surface area contributed by atoms with Crippen LogP contribution in [0.2, 0.25) is 0 Å². The number of halogens is 3. The van der Waals surface area contributed by atoms with E-state index >= 15 is 0 Å². The minimum atomic E-state index is -4.00. The number of fused-ring (bicyclic) bond motifs is 2. The Balaban J connectivity index is 1.63. The van der Waals surface area contributed by atoms with Crippen LogP contribution in [0.3, 0.4) is 0 Å². The number of sulfone groups is 1. The first-order valence-corrected chi connectivity index (χ1v) is 11.9. The predicted octanol–water partition coefficient (Wildman–Crippen LogP) is 2.62. The van der Waals surface area contributed by atoms with Crippen molar-refractivity contribution < 1.29 is 36.6 Å². The molecule has 2 aromatic carbocycles. The van der Waals surface area contributed by atoms with Gasteiger partial charge in [0.2, 0.25) is 0 Å². The van der Waals surface area contributed by atoms with E-state index < -0.39 is 50.7 Å². The van der Waals surface area contributed by atoms with Crippen molar-refractivity contribution in [2.45, 2.75) is 41.4 Å². The van der Waals surface area contributed by atoms with E-state index in [0.717, 1.165) is 6.07 Å². The molecule has 4 atom stereocenters. The maximum absolute atomic E-state index is 13.5. The average Bonchev–Trinajstić information content (AvgIpc) is 3.05. The molecule has 2 aliphatic carbocycles. The van der Waals surface area contributed by atoms with Gasteiger partial charge in [-0.1, -0.05) is 0 Å². The number of nitrogens with one attached hydrogen (secondary N) is 1. The normalized spacial score (nSPS) is 26.9. The van der Waals surface area contributed by atoms with Gasteiger partial charge < -0.3 is 21.3 Å². The van der Waals surface area contributed by atoms with Gasteiger partial charge >= 0.3 is 0 Å². The van der Waals surface area contributed by atoms with Gasteiger partial charge in [0, 0.05) is 23.4 Å². The van der Waals surface area contributed by atoms with Crippen molar-refractivity contribution in [2.75, 3.05) is 17.7 Å². The Morgan fingerprint density at radius 1 is 1.09 bits per heavy atom. The van der Waals surface area contributed by atoms with Crippen LogP contribution in [0.25, 0.3) is 0 Å². The molecule has 7 nitrogen and oxygen atoms in total. The summed E-state index contributed by atoms with van der Waals surface area (Å²) in [4.78, 5) is 12.4. The van der Waals surface area contributed by atoms with Crippen molar-refractivity contribution in [3.8, 4) is 0 Å². The molecule has 5 N–H and O–H groups in total. The second-order valence-corrected chi connectivity index (χ2v) is 10.9. The second kappa shape index (κ2) is 8.30. The second-order valence-electron chi connectivity index (χ2n) is 8.86. The van der Waals surface area contributed by atoms with Crippen LogP contribution in [0.4, 0.5) is 24.5 Å². The van der Waals surface area contributed by atoms with E-state index in [-0.39, 0.29) is 46.5 Å². The van der Waals surface area contributed by atoms with Gasteiger partial charge in [0.25, 0.3) is 5.91 Å². The molecule has 0 saturated heterocycles. The maximum atomic E-state index is 13.5. The minimum absolute atomic E-state index is 0.0622. The molecule has 4 rings (SSSR count). The summed E-state index contributed by atoms with van der Waals surface area (Å²) in [5.74, 6) is -6.24. The fourth-order valence-electron chi connectivity index (χ4n) is 5.17. The first-order valence-electron chi connectivity index (χ1n) is 10.4. The van der Waals surface area contributed by atoms with Gasteiger partial charge in [0.15, 0.2) is 27.3 Å². The van der Waals surface area contributed by atoms with Crippen LogP contribution in [-0.4, -0.2) is 42.0 Å². The molecular formula is C22H23F3N2O5S. The molecule has 1 amide bonds. The lowest BCUT2D eigenvalue weighted by Crippen LogP contribution is -2.48. The quantitative estimate of drug-likeness (QED) is 0.381. The summed E-state index contributed by atoms with van der Waals surface area (Å²) in [6.07, 6.45) is 1.45. The fraction of sp³-hybridized carbons (Fsp3) is 0.409. The molecule has 178 valence electrons. The number of amides is 1. The highest BCUT2D eigenvalue weighted by atomic mass is 32.2.